The Labute approximate surface area is 312 Å². The molecular formula is C43H85NO5S. The van der Waals surface area contributed by atoms with Gasteiger partial charge < -0.3 is 10.4 Å². The summed E-state index contributed by atoms with van der Waals surface area (Å²) in [6.45, 7) is 4.53. The van der Waals surface area contributed by atoms with E-state index in [1.807, 2.05) is 0 Å². The lowest BCUT2D eigenvalue weighted by Gasteiger charge is -2.23. The molecule has 0 rings (SSSR count). The van der Waals surface area contributed by atoms with Gasteiger partial charge in [0.25, 0.3) is 10.1 Å². The van der Waals surface area contributed by atoms with Gasteiger partial charge in [-0.05, 0) is 38.5 Å². The smallest absolute Gasteiger partial charge is 0.266 e. The van der Waals surface area contributed by atoms with Gasteiger partial charge in [0.1, 0.15) is 0 Å². The molecule has 7 heteroatoms. The van der Waals surface area contributed by atoms with Crippen LogP contribution in [0.4, 0.5) is 0 Å². The first-order chi connectivity index (χ1) is 24.3. The van der Waals surface area contributed by atoms with E-state index >= 15 is 0 Å². The Kier molecular flexibility index (Phi) is 37.1. The number of nitrogens with one attached hydrogen (secondary N) is 1. The molecular weight excluding hydrogens is 643 g/mol. The lowest BCUT2D eigenvalue weighted by atomic mass is 10.0. The number of unbranched alkanes of at least 4 members (excludes halogenated alkanes) is 30. The molecule has 0 saturated carbocycles. The minimum atomic E-state index is -4.31. The van der Waals surface area contributed by atoms with Crippen molar-refractivity contribution < 1.29 is 22.9 Å². The molecule has 0 bridgehead atoms. The number of amides is 1. The number of carbonyl (C=O) groups is 1. The first kappa shape index (κ1) is 49.1. The summed E-state index contributed by atoms with van der Waals surface area (Å²) in [5.74, 6) is -0.889. The molecule has 0 aromatic rings. The number of aliphatic hydroxyl groups excluding tert-OH is 1. The van der Waals surface area contributed by atoms with Crippen LogP contribution in [0.3, 0.4) is 0 Å². The Morgan fingerprint density at radius 1 is 0.520 bits per heavy atom. The van der Waals surface area contributed by atoms with Crippen LogP contribution in [0.1, 0.15) is 239 Å². The van der Waals surface area contributed by atoms with Crippen molar-refractivity contribution in [2.45, 2.75) is 251 Å². The van der Waals surface area contributed by atoms with E-state index in [1.54, 1.807) is 0 Å². The van der Waals surface area contributed by atoms with Crippen LogP contribution in [-0.2, 0) is 14.9 Å². The molecule has 50 heavy (non-hydrogen) atoms. The molecule has 0 heterocycles. The molecule has 0 aromatic heterocycles. The SMILES string of the molecule is CCCCCCCC/C=C\CCCCCCCCCCCC(=O)NC(CS(=O)(=O)O)C(O)CCCCCCCCCCCCCCCCCC. The molecule has 2 atom stereocenters. The quantitative estimate of drug-likeness (QED) is 0.0331. The number of rotatable bonds is 40. The Bertz CT molecular complexity index is 846. The van der Waals surface area contributed by atoms with Crippen molar-refractivity contribution in [2.75, 3.05) is 5.75 Å². The van der Waals surface area contributed by atoms with Crippen LogP contribution in [0, 0.1) is 0 Å². The third-order valence-electron chi connectivity index (χ3n) is 10.2. The van der Waals surface area contributed by atoms with Crippen LogP contribution in [0.25, 0.3) is 0 Å². The largest absolute Gasteiger partial charge is 0.391 e. The number of aliphatic hydroxyl groups is 1. The maximum atomic E-state index is 12.5. The van der Waals surface area contributed by atoms with E-state index in [9.17, 15) is 22.9 Å². The van der Waals surface area contributed by atoms with Gasteiger partial charge in [0.05, 0.1) is 17.9 Å². The zero-order chi connectivity index (χ0) is 36.8. The summed E-state index contributed by atoms with van der Waals surface area (Å²) in [6.07, 6.45) is 45.9. The van der Waals surface area contributed by atoms with Crippen LogP contribution in [0.5, 0.6) is 0 Å². The van der Waals surface area contributed by atoms with Crippen molar-refractivity contribution in [1.82, 2.24) is 5.32 Å². The van der Waals surface area contributed by atoms with Crippen molar-refractivity contribution in [1.29, 1.82) is 0 Å². The van der Waals surface area contributed by atoms with Gasteiger partial charge in [0.15, 0.2) is 0 Å². The van der Waals surface area contributed by atoms with Gasteiger partial charge in [-0.25, -0.2) is 0 Å². The maximum absolute atomic E-state index is 12.5. The van der Waals surface area contributed by atoms with E-state index in [0.717, 1.165) is 38.5 Å². The number of hydrogen-bond acceptors (Lipinski definition) is 4. The summed E-state index contributed by atoms with van der Waals surface area (Å²) >= 11 is 0. The fraction of sp³-hybridized carbons (Fsp3) is 0.930. The first-order valence-corrected chi connectivity index (χ1v) is 23.5. The van der Waals surface area contributed by atoms with Crippen molar-refractivity contribution in [3.63, 3.8) is 0 Å². The molecule has 2 unspecified atom stereocenters. The van der Waals surface area contributed by atoms with E-state index in [2.05, 4.69) is 31.3 Å². The predicted molar refractivity (Wildman–Crippen MR) is 216 cm³/mol. The topological polar surface area (TPSA) is 104 Å². The fourth-order valence-electron chi connectivity index (χ4n) is 6.92. The Morgan fingerprint density at radius 2 is 0.840 bits per heavy atom. The van der Waals surface area contributed by atoms with Crippen LogP contribution < -0.4 is 5.32 Å². The van der Waals surface area contributed by atoms with E-state index in [-0.39, 0.29) is 5.91 Å². The molecule has 0 aliphatic heterocycles. The second-order valence-corrected chi connectivity index (χ2v) is 16.8. The van der Waals surface area contributed by atoms with Gasteiger partial charge in [0.2, 0.25) is 5.91 Å². The van der Waals surface area contributed by atoms with Gasteiger partial charge in [-0.1, -0.05) is 206 Å². The lowest BCUT2D eigenvalue weighted by Crippen LogP contribution is -2.47. The average Bonchev–Trinajstić information content (AvgIpc) is 3.08. The summed E-state index contributed by atoms with van der Waals surface area (Å²) in [6, 6.07) is -0.968. The summed E-state index contributed by atoms with van der Waals surface area (Å²) in [4.78, 5) is 12.5. The minimum absolute atomic E-state index is 0.245. The average molecular weight is 728 g/mol. The molecule has 0 aromatic carbocycles. The van der Waals surface area contributed by atoms with Crippen LogP contribution in [-0.4, -0.2) is 41.9 Å². The van der Waals surface area contributed by atoms with Crippen molar-refractivity contribution in [2.24, 2.45) is 0 Å². The van der Waals surface area contributed by atoms with Crippen LogP contribution >= 0.6 is 0 Å². The van der Waals surface area contributed by atoms with E-state index < -0.39 is 28.0 Å². The monoisotopic (exact) mass is 728 g/mol. The van der Waals surface area contributed by atoms with E-state index in [0.29, 0.717) is 12.8 Å². The molecule has 0 aliphatic carbocycles. The summed E-state index contributed by atoms with van der Waals surface area (Å²) < 4.78 is 32.6. The molecule has 6 nitrogen and oxygen atoms in total. The highest BCUT2D eigenvalue weighted by Crippen LogP contribution is 2.16. The third-order valence-corrected chi connectivity index (χ3v) is 11.0. The molecule has 1 amide bonds. The summed E-state index contributed by atoms with van der Waals surface area (Å²) in [7, 11) is -4.31. The van der Waals surface area contributed by atoms with Gasteiger partial charge in [0, 0.05) is 6.42 Å². The van der Waals surface area contributed by atoms with Gasteiger partial charge in [-0.15, -0.1) is 0 Å². The molecule has 3 N–H and O–H groups in total. The maximum Gasteiger partial charge on any atom is 0.266 e. The Balaban J connectivity index is 3.81. The number of hydrogen-bond donors (Lipinski definition) is 3. The van der Waals surface area contributed by atoms with Crippen LogP contribution in [0.2, 0.25) is 0 Å². The molecule has 0 saturated heterocycles. The Morgan fingerprint density at radius 3 is 1.20 bits per heavy atom. The fourth-order valence-corrected chi connectivity index (χ4v) is 7.68. The highest BCUT2D eigenvalue weighted by molar-refractivity contribution is 7.85. The molecule has 298 valence electrons. The molecule has 0 fully saturated rings. The standard InChI is InChI=1S/C43H85NO5S/c1-3-5-7-9-11-13-15-17-19-21-22-23-25-27-29-31-33-35-37-39-43(46)44-41(40-50(47,48)49)42(45)38-36-34-32-30-28-26-24-20-18-16-14-12-10-8-6-4-2/h17,19,41-42,45H,3-16,18,20-40H2,1-2H3,(H,44,46)(H,47,48,49)/b19-17-. The second kappa shape index (κ2) is 37.8. The molecule has 0 aliphatic rings. The van der Waals surface area contributed by atoms with Crippen LogP contribution in [0.15, 0.2) is 12.2 Å². The lowest BCUT2D eigenvalue weighted by molar-refractivity contribution is -0.122. The highest BCUT2D eigenvalue weighted by Gasteiger charge is 2.26. The third kappa shape index (κ3) is 38.3. The number of carbonyl (C=O) groups excluding carboxylic acids is 1. The van der Waals surface area contributed by atoms with Crippen molar-refractivity contribution in [3.05, 3.63) is 12.2 Å². The number of allylic oxidation sites excluding steroid dienone is 2. The normalized spacial score (nSPS) is 13.3. The van der Waals surface area contributed by atoms with E-state index in [1.165, 1.54) is 173 Å². The van der Waals surface area contributed by atoms with Crippen molar-refractivity contribution in [3.8, 4) is 0 Å². The summed E-state index contributed by atoms with van der Waals surface area (Å²) in [5.41, 5.74) is 0. The highest BCUT2D eigenvalue weighted by atomic mass is 32.2. The second-order valence-electron chi connectivity index (χ2n) is 15.3. The first-order valence-electron chi connectivity index (χ1n) is 21.9. The van der Waals surface area contributed by atoms with Gasteiger partial charge in [-0.2, -0.15) is 8.42 Å². The zero-order valence-electron chi connectivity index (χ0n) is 33.3. The van der Waals surface area contributed by atoms with Gasteiger partial charge >= 0.3 is 0 Å². The Hall–Kier alpha value is -0.920. The molecule has 0 radical (unpaired) electrons. The molecule has 0 spiro atoms. The minimum Gasteiger partial charge on any atom is -0.391 e. The van der Waals surface area contributed by atoms with Gasteiger partial charge in [-0.3, -0.25) is 9.35 Å². The predicted octanol–water partition coefficient (Wildman–Crippen LogP) is 13.0. The zero-order valence-corrected chi connectivity index (χ0v) is 34.1. The van der Waals surface area contributed by atoms with E-state index in [4.69, 9.17) is 0 Å². The van der Waals surface area contributed by atoms with Crippen molar-refractivity contribution >= 4 is 16.0 Å². The summed E-state index contributed by atoms with van der Waals surface area (Å²) in [5, 5.41) is 13.4.